The first kappa shape index (κ1) is 20.2. The van der Waals surface area contributed by atoms with Crippen molar-refractivity contribution in [1.29, 1.82) is 0 Å². The van der Waals surface area contributed by atoms with E-state index in [0.29, 0.717) is 29.6 Å². The summed E-state index contributed by atoms with van der Waals surface area (Å²) in [6.07, 6.45) is 2.08. The van der Waals surface area contributed by atoms with Crippen molar-refractivity contribution in [1.82, 2.24) is 0 Å². The third-order valence-corrected chi connectivity index (χ3v) is 6.76. The average molecular weight is 343 g/mol. The first-order chi connectivity index (χ1) is 11.3. The summed E-state index contributed by atoms with van der Waals surface area (Å²) in [5, 5.41) is 0. The first-order valence-corrected chi connectivity index (χ1v) is 9.84. The van der Waals surface area contributed by atoms with Crippen molar-refractivity contribution in [3.63, 3.8) is 0 Å². The highest BCUT2D eigenvalue weighted by Gasteiger charge is 2.46. The maximum atomic E-state index is 6.57. The molecule has 0 aromatic heterocycles. The van der Waals surface area contributed by atoms with Gasteiger partial charge >= 0.3 is 0 Å². The highest BCUT2D eigenvalue weighted by atomic mass is 16.7. The lowest BCUT2D eigenvalue weighted by Crippen LogP contribution is -2.54. The standard InChI is InChI=1S/C20H38O4/c1-9-16-12(4)11(3)14(6)20(22-16)24-18-13(5)15(7)19(21-8)23-17(18)10-2/h11-20H,9-10H2,1-8H3. The number of rotatable bonds is 5. The Morgan fingerprint density at radius 3 is 1.75 bits per heavy atom. The first-order valence-electron chi connectivity index (χ1n) is 9.84. The minimum Gasteiger partial charge on any atom is -0.356 e. The van der Waals surface area contributed by atoms with Gasteiger partial charge in [0.05, 0.1) is 18.3 Å². The van der Waals surface area contributed by atoms with Gasteiger partial charge in [0.25, 0.3) is 0 Å². The van der Waals surface area contributed by atoms with Crippen LogP contribution in [0.3, 0.4) is 0 Å². The van der Waals surface area contributed by atoms with E-state index in [1.165, 1.54) is 0 Å². The van der Waals surface area contributed by atoms with Crippen LogP contribution in [0.5, 0.6) is 0 Å². The van der Waals surface area contributed by atoms with Crippen molar-refractivity contribution in [3.05, 3.63) is 0 Å². The molecule has 0 aliphatic carbocycles. The van der Waals surface area contributed by atoms with E-state index in [2.05, 4.69) is 48.5 Å². The van der Waals surface area contributed by atoms with Gasteiger partial charge in [-0.15, -0.1) is 0 Å². The molecule has 0 N–H and O–H groups in total. The van der Waals surface area contributed by atoms with E-state index < -0.39 is 0 Å². The summed E-state index contributed by atoms with van der Waals surface area (Å²) < 4.78 is 24.6. The molecular weight excluding hydrogens is 304 g/mol. The summed E-state index contributed by atoms with van der Waals surface area (Å²) >= 11 is 0. The topological polar surface area (TPSA) is 36.9 Å². The molecule has 142 valence electrons. The number of ether oxygens (including phenoxy) is 4. The van der Waals surface area contributed by atoms with E-state index >= 15 is 0 Å². The van der Waals surface area contributed by atoms with Gasteiger partial charge in [0, 0.05) is 18.9 Å². The lowest BCUT2D eigenvalue weighted by Gasteiger charge is -2.48. The fraction of sp³-hybridized carbons (Fsp3) is 1.00. The van der Waals surface area contributed by atoms with Crippen LogP contribution < -0.4 is 0 Å². The van der Waals surface area contributed by atoms with Crippen LogP contribution in [-0.2, 0) is 18.9 Å². The Balaban J connectivity index is 2.12. The molecule has 2 rings (SSSR count). The highest BCUT2D eigenvalue weighted by molar-refractivity contribution is 4.88. The molecule has 0 saturated carbocycles. The van der Waals surface area contributed by atoms with Gasteiger partial charge in [-0.2, -0.15) is 0 Å². The van der Waals surface area contributed by atoms with Crippen molar-refractivity contribution in [3.8, 4) is 0 Å². The zero-order valence-corrected chi connectivity index (χ0v) is 16.8. The minimum atomic E-state index is -0.142. The smallest absolute Gasteiger partial charge is 0.161 e. The average Bonchev–Trinajstić information content (AvgIpc) is 2.59. The Morgan fingerprint density at radius 1 is 0.667 bits per heavy atom. The van der Waals surface area contributed by atoms with Gasteiger partial charge in [-0.25, -0.2) is 0 Å². The molecule has 24 heavy (non-hydrogen) atoms. The van der Waals surface area contributed by atoms with Crippen molar-refractivity contribution >= 4 is 0 Å². The van der Waals surface area contributed by atoms with Gasteiger partial charge in [0.15, 0.2) is 12.6 Å². The SMILES string of the molecule is CCC1OC(OC2C(CC)OC(OC)C(C)C2C)C(C)C(C)C1C. The summed E-state index contributed by atoms with van der Waals surface area (Å²) in [4.78, 5) is 0. The van der Waals surface area contributed by atoms with E-state index in [-0.39, 0.29) is 30.9 Å². The quantitative estimate of drug-likeness (QED) is 0.739. The predicted molar refractivity (Wildman–Crippen MR) is 95.6 cm³/mol. The molecule has 4 heteroatoms. The molecule has 10 unspecified atom stereocenters. The van der Waals surface area contributed by atoms with Gasteiger partial charge in [0.2, 0.25) is 0 Å². The second kappa shape index (κ2) is 8.48. The fourth-order valence-electron chi connectivity index (χ4n) is 4.33. The molecule has 0 amide bonds. The lowest BCUT2D eigenvalue weighted by atomic mass is 9.78. The van der Waals surface area contributed by atoms with Crippen molar-refractivity contribution < 1.29 is 18.9 Å². The molecule has 0 bridgehead atoms. The van der Waals surface area contributed by atoms with Crippen molar-refractivity contribution in [2.75, 3.05) is 7.11 Å². The third kappa shape index (κ3) is 3.82. The van der Waals surface area contributed by atoms with Crippen LogP contribution in [-0.4, -0.2) is 38.0 Å². The summed E-state index contributed by atoms with van der Waals surface area (Å²) in [7, 11) is 1.73. The molecule has 2 heterocycles. The third-order valence-electron chi connectivity index (χ3n) is 6.76. The second-order valence-corrected chi connectivity index (χ2v) is 8.03. The number of hydrogen-bond acceptors (Lipinski definition) is 4. The predicted octanol–water partition coefficient (Wildman–Crippen LogP) is 4.47. The molecule has 2 aliphatic heterocycles. The number of hydrogen-bond donors (Lipinski definition) is 0. The maximum Gasteiger partial charge on any atom is 0.161 e. The molecule has 2 aliphatic rings. The van der Waals surface area contributed by atoms with Gasteiger partial charge in [-0.05, 0) is 30.6 Å². The summed E-state index contributed by atoms with van der Waals surface area (Å²) in [6, 6.07) is 0. The highest BCUT2D eigenvalue weighted by Crippen LogP contribution is 2.40. The largest absolute Gasteiger partial charge is 0.356 e. The van der Waals surface area contributed by atoms with E-state index in [1.807, 2.05) is 0 Å². The van der Waals surface area contributed by atoms with Crippen LogP contribution in [0.2, 0.25) is 0 Å². The molecule has 2 fully saturated rings. The van der Waals surface area contributed by atoms with Gasteiger partial charge in [-0.3, -0.25) is 0 Å². The summed E-state index contributed by atoms with van der Waals surface area (Å²) in [5.41, 5.74) is 0. The Bertz CT molecular complexity index is 384. The number of methoxy groups -OCH3 is 1. The van der Waals surface area contributed by atoms with Crippen LogP contribution in [0, 0.1) is 29.6 Å². The normalized spacial score (nSPS) is 50.0. The fourth-order valence-corrected chi connectivity index (χ4v) is 4.33. The summed E-state index contributed by atoms with van der Waals surface area (Å²) in [6.45, 7) is 15.7. The van der Waals surface area contributed by atoms with E-state index in [0.717, 1.165) is 12.8 Å². The Morgan fingerprint density at radius 2 is 1.21 bits per heavy atom. The van der Waals surface area contributed by atoms with E-state index in [4.69, 9.17) is 18.9 Å². The van der Waals surface area contributed by atoms with Gasteiger partial charge < -0.3 is 18.9 Å². The van der Waals surface area contributed by atoms with Crippen LogP contribution in [0.1, 0.15) is 61.3 Å². The molecule has 0 spiro atoms. The summed E-state index contributed by atoms with van der Waals surface area (Å²) in [5.74, 6) is 2.24. The molecular formula is C20H38O4. The lowest BCUT2D eigenvalue weighted by molar-refractivity contribution is -0.320. The Hall–Kier alpha value is -0.160. The van der Waals surface area contributed by atoms with Gasteiger partial charge in [0.1, 0.15) is 0 Å². The molecule has 4 nitrogen and oxygen atoms in total. The van der Waals surface area contributed by atoms with E-state index in [9.17, 15) is 0 Å². The Kier molecular flexibility index (Phi) is 7.12. The van der Waals surface area contributed by atoms with E-state index in [1.54, 1.807) is 7.11 Å². The van der Waals surface area contributed by atoms with Crippen LogP contribution in [0.4, 0.5) is 0 Å². The Labute approximate surface area is 148 Å². The van der Waals surface area contributed by atoms with Crippen molar-refractivity contribution in [2.45, 2.75) is 92.2 Å². The molecule has 0 aromatic rings. The monoisotopic (exact) mass is 342 g/mol. The zero-order chi connectivity index (χ0) is 18.0. The van der Waals surface area contributed by atoms with Gasteiger partial charge in [-0.1, -0.05) is 48.5 Å². The second-order valence-electron chi connectivity index (χ2n) is 8.03. The van der Waals surface area contributed by atoms with Crippen LogP contribution in [0.25, 0.3) is 0 Å². The minimum absolute atomic E-state index is 0.0574. The maximum absolute atomic E-state index is 6.57. The zero-order valence-electron chi connectivity index (χ0n) is 16.8. The van der Waals surface area contributed by atoms with Crippen LogP contribution in [0.15, 0.2) is 0 Å². The molecule has 0 radical (unpaired) electrons. The van der Waals surface area contributed by atoms with Crippen molar-refractivity contribution in [2.24, 2.45) is 29.6 Å². The molecule has 10 atom stereocenters. The molecule has 2 saturated heterocycles. The van der Waals surface area contributed by atoms with Crippen LogP contribution >= 0.6 is 0 Å². The molecule has 0 aromatic carbocycles.